The number of hydrogen-bond donors (Lipinski definition) is 1. The highest BCUT2D eigenvalue weighted by atomic mass is 19.1. The highest BCUT2D eigenvalue weighted by Gasteiger charge is 2.71. The Hall–Kier alpha value is -1.03. The third-order valence-corrected chi connectivity index (χ3v) is 8.84. The summed E-state index contributed by atoms with van der Waals surface area (Å²) in [4.78, 5) is 24.4. The van der Waals surface area contributed by atoms with Gasteiger partial charge in [0.2, 0.25) is 0 Å². The molecule has 0 aliphatic heterocycles. The SMILES string of the molecule is CC(=O)[C@H]1CC[C@H]2[C@@H]3CCC4=CC(=O)[C@@H](C)C[C@]4(C)[C@@]3(F)[C@@H](O)C[C@]12C. The summed E-state index contributed by atoms with van der Waals surface area (Å²) in [6.07, 6.45) is 4.48. The van der Waals surface area contributed by atoms with Gasteiger partial charge < -0.3 is 5.11 Å². The maximum Gasteiger partial charge on any atom is 0.158 e. The van der Waals surface area contributed by atoms with E-state index in [2.05, 4.69) is 6.92 Å². The van der Waals surface area contributed by atoms with Crippen LogP contribution in [-0.4, -0.2) is 28.4 Å². The molecule has 0 bridgehead atoms. The normalized spacial score (nSPS) is 53.4. The number of halogens is 1. The van der Waals surface area contributed by atoms with E-state index in [1.54, 1.807) is 13.0 Å². The molecule has 0 aromatic heterocycles. The third-order valence-electron chi connectivity index (χ3n) is 8.84. The van der Waals surface area contributed by atoms with Gasteiger partial charge in [-0.05, 0) is 62.9 Å². The molecule has 4 rings (SSSR count). The maximum atomic E-state index is 16.9. The van der Waals surface area contributed by atoms with E-state index in [1.807, 2.05) is 13.8 Å². The maximum absolute atomic E-state index is 16.9. The number of alkyl halides is 1. The minimum atomic E-state index is -1.71. The summed E-state index contributed by atoms with van der Waals surface area (Å²) in [6, 6.07) is 0. The fourth-order valence-corrected chi connectivity index (χ4v) is 7.56. The lowest BCUT2D eigenvalue weighted by atomic mass is 9.43. The van der Waals surface area contributed by atoms with Crippen LogP contribution in [0, 0.1) is 34.5 Å². The zero-order valence-corrected chi connectivity index (χ0v) is 16.3. The molecular formula is C22H31FO3. The summed E-state index contributed by atoms with van der Waals surface area (Å²) in [5.74, 6) is -0.105. The van der Waals surface area contributed by atoms with E-state index in [-0.39, 0.29) is 40.7 Å². The van der Waals surface area contributed by atoms with Crippen molar-refractivity contribution in [1.82, 2.24) is 0 Å². The monoisotopic (exact) mass is 362 g/mol. The number of ketones is 2. The van der Waals surface area contributed by atoms with Crippen molar-refractivity contribution in [3.05, 3.63) is 11.6 Å². The Labute approximate surface area is 155 Å². The minimum absolute atomic E-state index is 0.0664. The van der Waals surface area contributed by atoms with Crippen molar-refractivity contribution in [2.24, 2.45) is 34.5 Å². The fraction of sp³-hybridized carbons (Fsp3) is 0.818. The van der Waals surface area contributed by atoms with Gasteiger partial charge in [0.15, 0.2) is 5.78 Å². The molecule has 0 aromatic carbocycles. The van der Waals surface area contributed by atoms with Crippen LogP contribution < -0.4 is 0 Å². The van der Waals surface area contributed by atoms with E-state index in [0.717, 1.165) is 24.8 Å². The Morgan fingerprint density at radius 2 is 1.88 bits per heavy atom. The van der Waals surface area contributed by atoms with E-state index >= 15 is 4.39 Å². The molecule has 3 saturated carbocycles. The summed E-state index contributed by atoms with van der Waals surface area (Å²) in [7, 11) is 0. The summed E-state index contributed by atoms with van der Waals surface area (Å²) in [5, 5.41) is 11.1. The number of Topliss-reactive ketones (excluding diaryl/α,β-unsaturated/α-hetero) is 1. The molecule has 0 radical (unpaired) electrons. The topological polar surface area (TPSA) is 54.4 Å². The molecule has 0 amide bonds. The molecule has 26 heavy (non-hydrogen) atoms. The summed E-state index contributed by atoms with van der Waals surface area (Å²) in [5.41, 5.74) is -1.90. The van der Waals surface area contributed by atoms with Gasteiger partial charge in [-0.3, -0.25) is 9.59 Å². The Morgan fingerprint density at radius 1 is 1.19 bits per heavy atom. The predicted molar refractivity (Wildman–Crippen MR) is 97.2 cm³/mol. The van der Waals surface area contributed by atoms with Crippen molar-refractivity contribution in [1.29, 1.82) is 0 Å². The van der Waals surface area contributed by atoms with Crippen LogP contribution in [0.1, 0.15) is 66.2 Å². The molecule has 4 heteroatoms. The number of rotatable bonds is 1. The zero-order chi connectivity index (χ0) is 19.1. The highest BCUT2D eigenvalue weighted by Crippen LogP contribution is 2.69. The predicted octanol–water partition coefficient (Wildman–Crippen LogP) is 4.03. The molecular weight excluding hydrogens is 331 g/mol. The van der Waals surface area contributed by atoms with Crippen LogP contribution >= 0.6 is 0 Å². The summed E-state index contributed by atoms with van der Waals surface area (Å²) in [6.45, 7) is 7.53. The number of aliphatic hydroxyl groups excluding tert-OH is 1. The van der Waals surface area contributed by atoms with Gasteiger partial charge in [-0.25, -0.2) is 4.39 Å². The van der Waals surface area contributed by atoms with Gasteiger partial charge >= 0.3 is 0 Å². The molecule has 8 atom stereocenters. The molecule has 3 fully saturated rings. The first-order valence-electron chi connectivity index (χ1n) is 10.2. The number of allylic oxidation sites excluding steroid dienone is 1. The van der Waals surface area contributed by atoms with Crippen LogP contribution in [0.3, 0.4) is 0 Å². The van der Waals surface area contributed by atoms with Crippen LogP contribution in [0.25, 0.3) is 0 Å². The number of hydrogen-bond acceptors (Lipinski definition) is 3. The molecule has 144 valence electrons. The Morgan fingerprint density at radius 3 is 2.54 bits per heavy atom. The first-order valence-corrected chi connectivity index (χ1v) is 10.2. The Kier molecular flexibility index (Phi) is 3.88. The van der Waals surface area contributed by atoms with Gasteiger partial charge in [0.25, 0.3) is 0 Å². The summed E-state index contributed by atoms with van der Waals surface area (Å²) >= 11 is 0. The Bertz CT molecular complexity index is 700. The van der Waals surface area contributed by atoms with E-state index in [4.69, 9.17) is 0 Å². The van der Waals surface area contributed by atoms with Crippen molar-refractivity contribution in [2.75, 3.05) is 0 Å². The number of carbonyl (C=O) groups excluding carboxylic acids is 2. The average molecular weight is 362 g/mol. The van der Waals surface area contributed by atoms with Crippen molar-refractivity contribution < 1.29 is 19.1 Å². The molecule has 0 unspecified atom stereocenters. The largest absolute Gasteiger partial charge is 0.390 e. The van der Waals surface area contributed by atoms with Crippen LogP contribution in [0.15, 0.2) is 11.6 Å². The first kappa shape index (κ1) is 18.3. The molecule has 4 aliphatic rings. The second-order valence-corrected chi connectivity index (χ2v) is 10.00. The molecule has 1 N–H and O–H groups in total. The quantitative estimate of drug-likeness (QED) is 0.766. The van der Waals surface area contributed by atoms with Gasteiger partial charge in [0, 0.05) is 23.2 Å². The van der Waals surface area contributed by atoms with Crippen molar-refractivity contribution in [2.45, 2.75) is 78.0 Å². The molecule has 0 spiro atoms. The van der Waals surface area contributed by atoms with Gasteiger partial charge in [-0.1, -0.05) is 26.3 Å². The van der Waals surface area contributed by atoms with Crippen molar-refractivity contribution in [3.63, 3.8) is 0 Å². The lowest BCUT2D eigenvalue weighted by Crippen LogP contribution is -2.67. The van der Waals surface area contributed by atoms with Crippen molar-refractivity contribution in [3.8, 4) is 0 Å². The van der Waals surface area contributed by atoms with Crippen LogP contribution in [0.4, 0.5) is 4.39 Å². The third kappa shape index (κ3) is 2.03. The van der Waals surface area contributed by atoms with Crippen LogP contribution in [0.5, 0.6) is 0 Å². The van der Waals surface area contributed by atoms with Crippen LogP contribution in [0.2, 0.25) is 0 Å². The van der Waals surface area contributed by atoms with E-state index in [0.29, 0.717) is 19.3 Å². The minimum Gasteiger partial charge on any atom is -0.390 e. The standard InChI is InChI=1S/C22H31FO3/c1-12-10-21(4)14(9-18(12)25)5-6-17-16-8-7-15(13(2)24)20(16,3)11-19(26)22(17,21)23/h9,12,15-17,19,26H,5-8,10-11H2,1-4H3/t12-,15+,16-,17-,19-,20+,21-,22-/m0/s1. The molecule has 3 nitrogen and oxygen atoms in total. The molecule has 4 aliphatic carbocycles. The first-order chi connectivity index (χ1) is 12.1. The highest BCUT2D eigenvalue weighted by molar-refractivity contribution is 5.93. The number of carbonyl (C=O) groups is 2. The lowest BCUT2D eigenvalue weighted by molar-refractivity contribution is -0.210. The summed E-state index contributed by atoms with van der Waals surface area (Å²) < 4.78 is 16.9. The van der Waals surface area contributed by atoms with Gasteiger partial charge in [-0.15, -0.1) is 0 Å². The smallest absolute Gasteiger partial charge is 0.158 e. The van der Waals surface area contributed by atoms with Gasteiger partial charge in [0.05, 0.1) is 6.10 Å². The molecule has 0 aromatic rings. The van der Waals surface area contributed by atoms with E-state index < -0.39 is 17.2 Å². The fourth-order valence-electron chi connectivity index (χ4n) is 7.56. The molecule has 0 heterocycles. The average Bonchev–Trinajstić information content (AvgIpc) is 2.88. The molecule has 0 saturated heterocycles. The number of fused-ring (bicyclic) bond motifs is 5. The van der Waals surface area contributed by atoms with E-state index in [9.17, 15) is 14.7 Å². The second-order valence-electron chi connectivity index (χ2n) is 10.00. The zero-order valence-electron chi connectivity index (χ0n) is 16.3. The van der Waals surface area contributed by atoms with Gasteiger partial charge in [0.1, 0.15) is 11.5 Å². The van der Waals surface area contributed by atoms with Crippen molar-refractivity contribution >= 4 is 11.6 Å². The second kappa shape index (κ2) is 5.50. The lowest BCUT2D eigenvalue weighted by Gasteiger charge is -2.63. The Balaban J connectivity index is 1.80. The van der Waals surface area contributed by atoms with E-state index in [1.165, 1.54) is 0 Å². The van der Waals surface area contributed by atoms with Gasteiger partial charge in [-0.2, -0.15) is 0 Å². The number of aliphatic hydroxyl groups is 1. The van der Waals surface area contributed by atoms with Crippen LogP contribution in [-0.2, 0) is 9.59 Å².